The highest BCUT2D eigenvalue weighted by Crippen LogP contribution is 2.21. The van der Waals surface area contributed by atoms with Crippen LogP contribution in [0.2, 0.25) is 0 Å². The largest absolute Gasteiger partial charge is 0.368 e. The fourth-order valence-corrected chi connectivity index (χ4v) is 2.95. The molecule has 0 spiro atoms. The Balaban J connectivity index is 1.31. The van der Waals surface area contributed by atoms with Crippen LogP contribution in [0.4, 0.5) is 22.1 Å². The average molecular weight is 338 g/mol. The molecule has 2 N–H and O–H groups in total. The summed E-state index contributed by atoms with van der Waals surface area (Å²) in [7, 11) is 0. The number of benzene rings is 1. The van der Waals surface area contributed by atoms with Gasteiger partial charge in [-0.1, -0.05) is 0 Å². The number of amides is 2. The smallest absolute Gasteiger partial charge is 0.319 e. The first-order valence-corrected chi connectivity index (χ1v) is 8.72. The van der Waals surface area contributed by atoms with Crippen molar-refractivity contribution in [3.05, 3.63) is 42.7 Å². The van der Waals surface area contributed by atoms with E-state index in [4.69, 9.17) is 0 Å². The second-order valence-corrected chi connectivity index (χ2v) is 6.44. The summed E-state index contributed by atoms with van der Waals surface area (Å²) in [5.41, 5.74) is 1.99. The van der Waals surface area contributed by atoms with Crippen LogP contribution in [-0.2, 0) is 0 Å². The van der Waals surface area contributed by atoms with E-state index in [0.717, 1.165) is 50.7 Å². The molecule has 7 nitrogen and oxygen atoms in total. The number of urea groups is 1. The molecule has 2 aromatic rings. The summed E-state index contributed by atoms with van der Waals surface area (Å²) in [6.45, 7) is 3.64. The van der Waals surface area contributed by atoms with Crippen LogP contribution in [0.25, 0.3) is 0 Å². The molecule has 7 heteroatoms. The Kier molecular flexibility index (Phi) is 4.37. The SMILES string of the molecule is O=C(Nc1ccc(N2CCN(c3ncccn3)CC2)cc1)NC1CC1. The monoisotopic (exact) mass is 338 g/mol. The van der Waals surface area contributed by atoms with Crippen LogP contribution in [0.15, 0.2) is 42.7 Å². The number of carbonyl (C=O) groups is 1. The third-order valence-electron chi connectivity index (χ3n) is 4.52. The van der Waals surface area contributed by atoms with Gasteiger partial charge in [0.05, 0.1) is 0 Å². The molecule has 2 aliphatic rings. The summed E-state index contributed by atoms with van der Waals surface area (Å²) in [4.78, 5) is 24.9. The Morgan fingerprint density at radius 2 is 1.60 bits per heavy atom. The molecule has 130 valence electrons. The molecule has 1 aromatic heterocycles. The van der Waals surface area contributed by atoms with Crippen LogP contribution < -0.4 is 20.4 Å². The molecule has 1 saturated carbocycles. The summed E-state index contributed by atoms with van der Waals surface area (Å²) in [6, 6.07) is 10.1. The lowest BCUT2D eigenvalue weighted by atomic mass is 10.2. The second kappa shape index (κ2) is 6.96. The normalized spacial score (nSPS) is 17.3. The fraction of sp³-hybridized carbons (Fsp3) is 0.389. The van der Waals surface area contributed by atoms with Crippen molar-refractivity contribution in [2.24, 2.45) is 0 Å². The second-order valence-electron chi connectivity index (χ2n) is 6.44. The lowest BCUT2D eigenvalue weighted by molar-refractivity contribution is 0.251. The third-order valence-corrected chi connectivity index (χ3v) is 4.52. The van der Waals surface area contributed by atoms with E-state index in [0.29, 0.717) is 6.04 Å². The topological polar surface area (TPSA) is 73.4 Å². The zero-order chi connectivity index (χ0) is 17.1. The Bertz CT molecular complexity index is 708. The summed E-state index contributed by atoms with van der Waals surface area (Å²) < 4.78 is 0. The molecule has 2 heterocycles. The van der Waals surface area contributed by atoms with Crippen molar-refractivity contribution in [2.75, 3.05) is 41.3 Å². The quantitative estimate of drug-likeness (QED) is 0.893. The van der Waals surface area contributed by atoms with Crippen molar-refractivity contribution in [1.82, 2.24) is 15.3 Å². The summed E-state index contributed by atoms with van der Waals surface area (Å²) >= 11 is 0. The number of hydrogen-bond donors (Lipinski definition) is 2. The van der Waals surface area contributed by atoms with E-state index in [-0.39, 0.29) is 6.03 Å². The number of anilines is 3. The zero-order valence-electron chi connectivity index (χ0n) is 14.1. The Labute approximate surface area is 147 Å². The maximum absolute atomic E-state index is 11.8. The Morgan fingerprint density at radius 1 is 0.960 bits per heavy atom. The highest BCUT2D eigenvalue weighted by Gasteiger charge is 2.23. The van der Waals surface area contributed by atoms with E-state index in [1.807, 2.05) is 18.2 Å². The van der Waals surface area contributed by atoms with Gasteiger partial charge in [0, 0.05) is 56.0 Å². The van der Waals surface area contributed by atoms with Crippen LogP contribution in [-0.4, -0.2) is 48.2 Å². The fourth-order valence-electron chi connectivity index (χ4n) is 2.95. The van der Waals surface area contributed by atoms with Gasteiger partial charge in [0.1, 0.15) is 0 Å². The Morgan fingerprint density at radius 3 is 2.24 bits per heavy atom. The molecule has 1 aliphatic heterocycles. The van der Waals surface area contributed by atoms with Gasteiger partial charge in [0.15, 0.2) is 0 Å². The number of nitrogens with zero attached hydrogens (tertiary/aromatic N) is 4. The lowest BCUT2D eigenvalue weighted by Gasteiger charge is -2.36. The van der Waals surface area contributed by atoms with Crippen molar-refractivity contribution in [3.8, 4) is 0 Å². The molecule has 0 atom stereocenters. The molecule has 2 amide bonds. The first-order chi connectivity index (χ1) is 12.3. The number of piperazine rings is 1. The first kappa shape index (κ1) is 15.7. The van der Waals surface area contributed by atoms with Crippen LogP contribution in [0, 0.1) is 0 Å². The first-order valence-electron chi connectivity index (χ1n) is 8.72. The molecule has 1 saturated heterocycles. The zero-order valence-corrected chi connectivity index (χ0v) is 14.1. The number of rotatable bonds is 4. The van der Waals surface area contributed by atoms with Gasteiger partial charge in [0.25, 0.3) is 0 Å². The summed E-state index contributed by atoms with van der Waals surface area (Å²) in [6.07, 6.45) is 5.73. The molecule has 4 rings (SSSR count). The number of hydrogen-bond acceptors (Lipinski definition) is 5. The minimum Gasteiger partial charge on any atom is -0.368 e. The van der Waals surface area contributed by atoms with Gasteiger partial charge in [-0.05, 0) is 43.2 Å². The van der Waals surface area contributed by atoms with Crippen LogP contribution in [0.1, 0.15) is 12.8 Å². The molecule has 0 unspecified atom stereocenters. The van der Waals surface area contributed by atoms with Crippen molar-refractivity contribution < 1.29 is 4.79 Å². The van der Waals surface area contributed by atoms with Crippen molar-refractivity contribution in [2.45, 2.75) is 18.9 Å². The van der Waals surface area contributed by atoms with Crippen LogP contribution >= 0.6 is 0 Å². The van der Waals surface area contributed by atoms with Crippen LogP contribution in [0.5, 0.6) is 0 Å². The maximum Gasteiger partial charge on any atom is 0.319 e. The van der Waals surface area contributed by atoms with Crippen molar-refractivity contribution >= 4 is 23.4 Å². The third kappa shape index (κ3) is 3.99. The van der Waals surface area contributed by atoms with Crippen molar-refractivity contribution in [1.29, 1.82) is 0 Å². The summed E-state index contributed by atoms with van der Waals surface area (Å²) in [5, 5.41) is 5.80. The molecule has 25 heavy (non-hydrogen) atoms. The van der Waals surface area contributed by atoms with E-state index in [2.05, 4.69) is 42.5 Å². The number of nitrogens with one attached hydrogen (secondary N) is 2. The van der Waals surface area contributed by atoms with Gasteiger partial charge < -0.3 is 20.4 Å². The standard InChI is InChI=1S/C18H22N6O/c25-18(21-14-2-3-14)22-15-4-6-16(7-5-15)23-10-12-24(13-11-23)17-19-8-1-9-20-17/h1,4-9,14H,2-3,10-13H2,(H2,21,22,25). The molecular weight excluding hydrogens is 316 g/mol. The minimum atomic E-state index is -0.119. The van der Waals surface area contributed by atoms with Crippen molar-refractivity contribution in [3.63, 3.8) is 0 Å². The molecule has 1 aliphatic carbocycles. The molecule has 0 bridgehead atoms. The van der Waals surface area contributed by atoms with Gasteiger partial charge in [-0.15, -0.1) is 0 Å². The van der Waals surface area contributed by atoms with E-state index >= 15 is 0 Å². The van der Waals surface area contributed by atoms with Gasteiger partial charge in [0.2, 0.25) is 5.95 Å². The number of aromatic nitrogens is 2. The molecule has 0 radical (unpaired) electrons. The lowest BCUT2D eigenvalue weighted by Crippen LogP contribution is -2.47. The van der Waals surface area contributed by atoms with E-state index < -0.39 is 0 Å². The van der Waals surface area contributed by atoms with Gasteiger partial charge in [-0.25, -0.2) is 14.8 Å². The minimum absolute atomic E-state index is 0.119. The molecular formula is C18H22N6O. The van der Waals surface area contributed by atoms with Crippen LogP contribution in [0.3, 0.4) is 0 Å². The van der Waals surface area contributed by atoms with Gasteiger partial charge in [-0.2, -0.15) is 0 Å². The van der Waals surface area contributed by atoms with E-state index in [9.17, 15) is 4.79 Å². The summed E-state index contributed by atoms with van der Waals surface area (Å²) in [5.74, 6) is 0.795. The average Bonchev–Trinajstić information content (AvgIpc) is 3.47. The van der Waals surface area contributed by atoms with Gasteiger partial charge >= 0.3 is 6.03 Å². The molecule has 1 aromatic carbocycles. The Hall–Kier alpha value is -2.83. The predicted octanol–water partition coefficient (Wildman–Crippen LogP) is 2.09. The maximum atomic E-state index is 11.8. The van der Waals surface area contributed by atoms with E-state index in [1.54, 1.807) is 12.4 Å². The predicted molar refractivity (Wildman–Crippen MR) is 98.1 cm³/mol. The van der Waals surface area contributed by atoms with E-state index in [1.165, 1.54) is 5.69 Å². The number of carbonyl (C=O) groups excluding carboxylic acids is 1. The highest BCUT2D eigenvalue weighted by molar-refractivity contribution is 5.89. The highest BCUT2D eigenvalue weighted by atomic mass is 16.2. The molecule has 2 fully saturated rings. The van der Waals surface area contributed by atoms with Gasteiger partial charge in [-0.3, -0.25) is 0 Å².